The average Bonchev–Trinajstić information content (AvgIpc) is 2.76. The minimum Gasteiger partial charge on any atom is -0.493 e. The zero-order chi connectivity index (χ0) is 15.5. The predicted molar refractivity (Wildman–Crippen MR) is 77.1 cm³/mol. The smallest absolute Gasteiger partial charge is 0.213 e. The van der Waals surface area contributed by atoms with E-state index in [9.17, 15) is 9.90 Å². The molecule has 0 saturated heterocycles. The Morgan fingerprint density at radius 1 is 1.50 bits per heavy atom. The maximum Gasteiger partial charge on any atom is 0.213 e. The minimum absolute atomic E-state index is 0.330. The number of aliphatic hydroxyl groups is 1. The number of hydrogen-bond acceptors (Lipinski definition) is 5. The molecule has 1 unspecified atom stereocenters. The van der Waals surface area contributed by atoms with Crippen LogP contribution in [0.4, 0.5) is 0 Å². The molecule has 1 rings (SSSR count). The van der Waals surface area contributed by atoms with Crippen LogP contribution in [0.2, 0.25) is 0 Å². The lowest BCUT2D eigenvalue weighted by molar-refractivity contribution is 0.0428. The molecule has 1 aromatic heterocycles. The molecule has 0 saturated carbocycles. The van der Waals surface area contributed by atoms with Gasteiger partial charge in [-0.3, -0.25) is 9.48 Å². The van der Waals surface area contributed by atoms with E-state index in [-0.39, 0.29) is 5.78 Å². The molecule has 1 atom stereocenters. The zero-order valence-corrected chi connectivity index (χ0v) is 13.2. The van der Waals surface area contributed by atoms with Gasteiger partial charge in [-0.2, -0.15) is 5.10 Å². The van der Waals surface area contributed by atoms with E-state index in [4.69, 9.17) is 4.74 Å². The topological polar surface area (TPSA) is 67.6 Å². The van der Waals surface area contributed by atoms with Crippen molar-refractivity contribution in [1.29, 1.82) is 0 Å². The predicted octanol–water partition coefficient (Wildman–Crippen LogP) is 1.04. The normalized spacial score (nSPS) is 13.6. The first-order valence-corrected chi connectivity index (χ1v) is 6.65. The molecular formula is C14H25N3O3. The van der Waals surface area contributed by atoms with Crippen LogP contribution in [0.5, 0.6) is 5.75 Å². The van der Waals surface area contributed by atoms with Crippen LogP contribution in [-0.2, 0) is 6.54 Å². The van der Waals surface area contributed by atoms with Gasteiger partial charge < -0.3 is 14.7 Å². The Balaban J connectivity index is 3.08. The van der Waals surface area contributed by atoms with E-state index >= 15 is 0 Å². The maximum absolute atomic E-state index is 12.5. The second-order valence-electron chi connectivity index (χ2n) is 6.22. The number of ether oxygens (including phenoxy) is 1. The van der Waals surface area contributed by atoms with E-state index < -0.39 is 11.5 Å². The third-order valence-electron chi connectivity index (χ3n) is 3.09. The number of rotatable bonds is 6. The van der Waals surface area contributed by atoms with Gasteiger partial charge in [0.2, 0.25) is 5.78 Å². The van der Waals surface area contributed by atoms with Crippen molar-refractivity contribution in [3.8, 4) is 5.75 Å². The van der Waals surface area contributed by atoms with Crippen molar-refractivity contribution in [2.24, 2.45) is 5.41 Å². The number of nitrogens with zero attached hydrogens (tertiary/aromatic N) is 3. The summed E-state index contributed by atoms with van der Waals surface area (Å²) in [4.78, 5) is 14.5. The van der Waals surface area contributed by atoms with Gasteiger partial charge in [-0.1, -0.05) is 20.8 Å². The van der Waals surface area contributed by atoms with Crippen molar-refractivity contribution in [1.82, 2.24) is 14.7 Å². The fourth-order valence-electron chi connectivity index (χ4n) is 1.75. The summed E-state index contributed by atoms with van der Waals surface area (Å²) in [5, 5.41) is 14.4. The number of likely N-dealkylation sites (N-methyl/N-ethyl adjacent to an activating group) is 1. The summed E-state index contributed by atoms with van der Waals surface area (Å²) in [7, 11) is 5.39. The van der Waals surface area contributed by atoms with Crippen molar-refractivity contribution < 1.29 is 14.6 Å². The second-order valence-corrected chi connectivity index (χ2v) is 6.22. The molecule has 0 bridgehead atoms. The molecule has 1 aromatic rings. The Kier molecular flexibility index (Phi) is 5.30. The van der Waals surface area contributed by atoms with Crippen LogP contribution in [0.1, 0.15) is 31.3 Å². The van der Waals surface area contributed by atoms with Gasteiger partial charge in [0.15, 0.2) is 5.75 Å². The monoisotopic (exact) mass is 283 g/mol. The molecule has 0 aromatic carbocycles. The van der Waals surface area contributed by atoms with Crippen LogP contribution in [-0.4, -0.2) is 59.4 Å². The quantitative estimate of drug-likeness (QED) is 0.790. The van der Waals surface area contributed by atoms with Crippen LogP contribution in [0, 0.1) is 5.41 Å². The van der Waals surface area contributed by atoms with Crippen LogP contribution in [0.3, 0.4) is 0 Å². The first-order valence-electron chi connectivity index (χ1n) is 6.65. The Hall–Kier alpha value is -1.40. The minimum atomic E-state index is -1.09. The molecule has 6 heteroatoms. The summed E-state index contributed by atoms with van der Waals surface area (Å²) in [5.41, 5.74) is -0.199. The number of Topliss-reactive ketones (excluding diaryl/α,β-unsaturated/α-hetero) is 1. The van der Waals surface area contributed by atoms with Gasteiger partial charge in [0, 0.05) is 6.54 Å². The Labute approximate surface area is 120 Å². The third-order valence-corrected chi connectivity index (χ3v) is 3.09. The number of carbonyl (C=O) groups excluding carboxylic acids is 1. The van der Waals surface area contributed by atoms with Crippen LogP contribution < -0.4 is 4.74 Å². The van der Waals surface area contributed by atoms with Gasteiger partial charge in [0.05, 0.1) is 19.9 Å². The molecule has 0 spiro atoms. The average molecular weight is 283 g/mol. The van der Waals surface area contributed by atoms with Crippen molar-refractivity contribution in [2.75, 3.05) is 27.7 Å². The summed E-state index contributed by atoms with van der Waals surface area (Å²) < 4.78 is 6.78. The second kappa shape index (κ2) is 6.37. The number of aliphatic hydroxyl groups excluding tert-OH is 1. The van der Waals surface area contributed by atoms with Crippen molar-refractivity contribution in [2.45, 2.75) is 33.4 Å². The third kappa shape index (κ3) is 3.80. The largest absolute Gasteiger partial charge is 0.493 e. The molecule has 0 amide bonds. The van der Waals surface area contributed by atoms with Gasteiger partial charge in [-0.05, 0) is 19.5 Å². The van der Waals surface area contributed by atoms with E-state index in [1.807, 2.05) is 39.8 Å². The number of hydrogen-bond donors (Lipinski definition) is 1. The molecule has 0 aliphatic carbocycles. The highest BCUT2D eigenvalue weighted by Crippen LogP contribution is 2.26. The molecule has 0 aliphatic heterocycles. The fraction of sp³-hybridized carbons (Fsp3) is 0.714. The molecule has 1 heterocycles. The molecule has 0 fully saturated rings. The molecule has 0 aliphatic rings. The fourth-order valence-corrected chi connectivity index (χ4v) is 1.75. The summed E-state index contributed by atoms with van der Waals surface area (Å²) >= 11 is 0. The van der Waals surface area contributed by atoms with E-state index in [0.717, 1.165) is 6.54 Å². The first kappa shape index (κ1) is 16.7. The van der Waals surface area contributed by atoms with Gasteiger partial charge in [0.25, 0.3) is 0 Å². The molecule has 114 valence electrons. The van der Waals surface area contributed by atoms with Gasteiger partial charge in [-0.25, -0.2) is 0 Å². The van der Waals surface area contributed by atoms with Gasteiger partial charge in [0.1, 0.15) is 11.8 Å². The SMILES string of the molecule is COc1cnn(CCN(C)C)c1C(=O)C(O)C(C)(C)C. The summed E-state index contributed by atoms with van der Waals surface area (Å²) in [5.74, 6) is 0.0441. The highest BCUT2D eigenvalue weighted by molar-refractivity contribution is 6.00. The van der Waals surface area contributed by atoms with Gasteiger partial charge >= 0.3 is 0 Å². The first-order chi connectivity index (χ1) is 9.18. The van der Waals surface area contributed by atoms with E-state index in [1.54, 1.807) is 4.68 Å². The Morgan fingerprint density at radius 3 is 2.55 bits per heavy atom. The van der Waals surface area contributed by atoms with Crippen molar-refractivity contribution >= 4 is 5.78 Å². The molecular weight excluding hydrogens is 258 g/mol. The highest BCUT2D eigenvalue weighted by Gasteiger charge is 2.33. The number of ketones is 1. The van der Waals surface area contributed by atoms with Crippen LogP contribution in [0.25, 0.3) is 0 Å². The van der Waals surface area contributed by atoms with E-state index in [2.05, 4.69) is 5.10 Å². The standard InChI is InChI=1S/C14H25N3O3/c1-14(2,3)13(19)12(18)11-10(20-6)9-15-17(11)8-7-16(4)5/h9,13,19H,7-8H2,1-6H3. The molecule has 20 heavy (non-hydrogen) atoms. The van der Waals surface area contributed by atoms with Crippen molar-refractivity contribution in [3.05, 3.63) is 11.9 Å². The Bertz CT molecular complexity index is 461. The van der Waals surface area contributed by atoms with E-state index in [0.29, 0.717) is 18.0 Å². The van der Waals surface area contributed by atoms with Gasteiger partial charge in [-0.15, -0.1) is 0 Å². The zero-order valence-electron chi connectivity index (χ0n) is 13.2. The number of carbonyl (C=O) groups is 1. The lowest BCUT2D eigenvalue weighted by Gasteiger charge is -2.25. The maximum atomic E-state index is 12.5. The van der Waals surface area contributed by atoms with Crippen LogP contribution >= 0.6 is 0 Å². The Morgan fingerprint density at radius 2 is 2.10 bits per heavy atom. The lowest BCUT2D eigenvalue weighted by atomic mass is 9.85. The summed E-state index contributed by atoms with van der Waals surface area (Å²) in [6.45, 7) is 6.78. The highest BCUT2D eigenvalue weighted by atomic mass is 16.5. The molecule has 1 N–H and O–H groups in total. The molecule has 6 nitrogen and oxygen atoms in total. The van der Waals surface area contributed by atoms with Crippen LogP contribution in [0.15, 0.2) is 6.20 Å². The number of aromatic nitrogens is 2. The summed E-state index contributed by atoms with van der Waals surface area (Å²) in [6.07, 6.45) is 0.421. The van der Waals surface area contributed by atoms with Crippen molar-refractivity contribution in [3.63, 3.8) is 0 Å². The number of methoxy groups -OCH3 is 1. The molecule has 0 radical (unpaired) electrons. The summed E-state index contributed by atoms with van der Waals surface area (Å²) in [6, 6.07) is 0. The lowest BCUT2D eigenvalue weighted by Crippen LogP contribution is -2.36. The van der Waals surface area contributed by atoms with E-state index in [1.165, 1.54) is 13.3 Å².